The van der Waals surface area contributed by atoms with Gasteiger partial charge in [-0.3, -0.25) is 4.79 Å². The molecule has 2 unspecified atom stereocenters. The zero-order valence-corrected chi connectivity index (χ0v) is 10.6. The molecule has 1 aliphatic heterocycles. The lowest BCUT2D eigenvalue weighted by Crippen LogP contribution is -2.51. The quantitative estimate of drug-likeness (QED) is 0.792. The number of amides is 1. The van der Waals surface area contributed by atoms with Crippen molar-refractivity contribution in [2.45, 2.75) is 32.2 Å². The van der Waals surface area contributed by atoms with Crippen molar-refractivity contribution in [1.29, 1.82) is 0 Å². The predicted octanol–water partition coefficient (Wildman–Crippen LogP) is 1.33. The molecule has 2 N–H and O–H groups in total. The monoisotopic (exact) mass is 230 g/mol. The number of hydrogen-bond donors (Lipinski definition) is 1. The number of thioether (sulfide) groups is 1. The molecule has 3 nitrogen and oxygen atoms in total. The minimum Gasteiger partial charge on any atom is -0.338 e. The zero-order chi connectivity index (χ0) is 11.3. The van der Waals surface area contributed by atoms with Gasteiger partial charge in [-0.1, -0.05) is 6.92 Å². The van der Waals surface area contributed by atoms with Gasteiger partial charge < -0.3 is 10.6 Å². The maximum Gasteiger partial charge on any atom is 0.223 e. The van der Waals surface area contributed by atoms with Crippen molar-refractivity contribution in [1.82, 2.24) is 4.90 Å². The molecule has 1 heterocycles. The van der Waals surface area contributed by atoms with Crippen LogP contribution in [0, 0.1) is 5.92 Å². The van der Waals surface area contributed by atoms with Gasteiger partial charge in [-0.15, -0.1) is 0 Å². The maximum absolute atomic E-state index is 11.9. The van der Waals surface area contributed by atoms with Crippen molar-refractivity contribution in [2.75, 3.05) is 25.1 Å². The van der Waals surface area contributed by atoms with Gasteiger partial charge in [-0.2, -0.15) is 11.8 Å². The fourth-order valence-electron chi connectivity index (χ4n) is 2.25. The van der Waals surface area contributed by atoms with Crippen LogP contribution in [-0.2, 0) is 4.79 Å². The van der Waals surface area contributed by atoms with E-state index in [1.165, 1.54) is 6.42 Å². The van der Waals surface area contributed by atoms with E-state index in [-0.39, 0.29) is 11.9 Å². The average Bonchev–Trinajstić information content (AvgIpc) is 2.25. The second kappa shape index (κ2) is 6.38. The first-order chi connectivity index (χ1) is 7.20. The van der Waals surface area contributed by atoms with Gasteiger partial charge in [0.1, 0.15) is 0 Å². The molecule has 0 bridgehead atoms. The number of rotatable bonds is 4. The van der Waals surface area contributed by atoms with Crippen LogP contribution in [0.5, 0.6) is 0 Å². The summed E-state index contributed by atoms with van der Waals surface area (Å²) in [6.07, 6.45) is 5.02. The van der Waals surface area contributed by atoms with Crippen molar-refractivity contribution < 1.29 is 4.79 Å². The summed E-state index contributed by atoms with van der Waals surface area (Å²) in [6, 6.07) is 0.271. The van der Waals surface area contributed by atoms with E-state index in [1.807, 2.05) is 11.2 Å². The minimum absolute atomic E-state index is 0.271. The second-order valence-corrected chi connectivity index (χ2v) is 5.24. The summed E-state index contributed by atoms with van der Waals surface area (Å²) in [5.74, 6) is 1.76. The molecule has 0 aliphatic carbocycles. The van der Waals surface area contributed by atoms with Gasteiger partial charge in [-0.25, -0.2) is 0 Å². The Labute approximate surface area is 96.8 Å². The molecule has 0 aromatic heterocycles. The number of carbonyl (C=O) groups is 1. The number of nitrogens with two attached hydrogens (primary N) is 1. The minimum atomic E-state index is 0.271. The molecular formula is C11H22N2OS. The van der Waals surface area contributed by atoms with Crippen LogP contribution < -0.4 is 5.73 Å². The van der Waals surface area contributed by atoms with E-state index in [0.717, 1.165) is 18.7 Å². The second-order valence-electron chi connectivity index (χ2n) is 4.25. The van der Waals surface area contributed by atoms with Crippen molar-refractivity contribution in [3.05, 3.63) is 0 Å². The Hall–Kier alpha value is -0.220. The summed E-state index contributed by atoms with van der Waals surface area (Å²) in [5.41, 5.74) is 5.75. The van der Waals surface area contributed by atoms with E-state index in [4.69, 9.17) is 5.73 Å². The molecular weight excluding hydrogens is 208 g/mol. The van der Waals surface area contributed by atoms with Crippen LogP contribution >= 0.6 is 11.8 Å². The normalized spacial score (nSPS) is 26.7. The Bertz CT molecular complexity index is 211. The van der Waals surface area contributed by atoms with Crippen LogP contribution in [0.1, 0.15) is 26.2 Å². The number of piperidine rings is 1. The molecule has 0 saturated carbocycles. The molecule has 2 atom stereocenters. The van der Waals surface area contributed by atoms with Gasteiger partial charge in [0.2, 0.25) is 5.91 Å². The third-order valence-corrected chi connectivity index (χ3v) is 3.81. The Morgan fingerprint density at radius 1 is 1.60 bits per heavy atom. The zero-order valence-electron chi connectivity index (χ0n) is 9.74. The van der Waals surface area contributed by atoms with E-state index in [1.54, 1.807) is 11.8 Å². The summed E-state index contributed by atoms with van der Waals surface area (Å²) in [7, 11) is 0. The Kier molecular flexibility index (Phi) is 5.47. The largest absolute Gasteiger partial charge is 0.338 e. The van der Waals surface area contributed by atoms with Gasteiger partial charge in [0.05, 0.1) is 0 Å². The predicted molar refractivity (Wildman–Crippen MR) is 66.0 cm³/mol. The highest BCUT2D eigenvalue weighted by Gasteiger charge is 2.30. The van der Waals surface area contributed by atoms with Gasteiger partial charge in [0.15, 0.2) is 0 Å². The molecule has 0 aromatic carbocycles. The molecule has 15 heavy (non-hydrogen) atoms. The van der Waals surface area contributed by atoms with Crippen molar-refractivity contribution in [2.24, 2.45) is 11.7 Å². The Balaban J connectivity index is 2.53. The number of likely N-dealkylation sites (tertiary alicyclic amines) is 1. The molecule has 1 rings (SSSR count). The molecule has 1 amide bonds. The summed E-state index contributed by atoms with van der Waals surface area (Å²) in [4.78, 5) is 13.9. The standard InChI is InChI=1S/C11H22N2OS/c1-9-4-3-6-13(10(9)8-12)11(14)5-7-15-2/h9-10H,3-8,12H2,1-2H3. The summed E-state index contributed by atoms with van der Waals surface area (Å²) in [6.45, 7) is 3.71. The topological polar surface area (TPSA) is 46.3 Å². The summed E-state index contributed by atoms with van der Waals surface area (Å²) in [5, 5.41) is 0. The van der Waals surface area contributed by atoms with Crippen molar-refractivity contribution >= 4 is 17.7 Å². The molecule has 0 radical (unpaired) electrons. The van der Waals surface area contributed by atoms with Gasteiger partial charge >= 0.3 is 0 Å². The van der Waals surface area contributed by atoms with Gasteiger partial charge in [0, 0.05) is 31.3 Å². The third-order valence-electron chi connectivity index (χ3n) is 3.20. The van der Waals surface area contributed by atoms with Crippen LogP contribution in [-0.4, -0.2) is 41.9 Å². The van der Waals surface area contributed by atoms with E-state index in [9.17, 15) is 4.79 Å². The number of hydrogen-bond acceptors (Lipinski definition) is 3. The average molecular weight is 230 g/mol. The van der Waals surface area contributed by atoms with Crippen LogP contribution in [0.25, 0.3) is 0 Å². The fourth-order valence-corrected chi connectivity index (χ4v) is 2.63. The first-order valence-corrected chi connectivity index (χ1v) is 7.08. The Morgan fingerprint density at radius 2 is 2.33 bits per heavy atom. The van der Waals surface area contributed by atoms with Gasteiger partial charge in [0.25, 0.3) is 0 Å². The van der Waals surface area contributed by atoms with Crippen LogP contribution in [0.3, 0.4) is 0 Å². The Morgan fingerprint density at radius 3 is 2.93 bits per heavy atom. The lowest BCUT2D eigenvalue weighted by atomic mass is 9.90. The molecule has 1 aliphatic rings. The number of carbonyl (C=O) groups excluding carboxylic acids is 1. The highest BCUT2D eigenvalue weighted by molar-refractivity contribution is 7.98. The lowest BCUT2D eigenvalue weighted by Gasteiger charge is -2.39. The van der Waals surface area contributed by atoms with E-state index < -0.39 is 0 Å². The summed E-state index contributed by atoms with van der Waals surface area (Å²) >= 11 is 1.72. The number of nitrogens with zero attached hydrogens (tertiary/aromatic N) is 1. The lowest BCUT2D eigenvalue weighted by molar-refractivity contribution is -0.135. The van der Waals surface area contributed by atoms with Crippen molar-refractivity contribution in [3.8, 4) is 0 Å². The van der Waals surface area contributed by atoms with E-state index in [0.29, 0.717) is 18.9 Å². The van der Waals surface area contributed by atoms with Gasteiger partial charge in [-0.05, 0) is 25.0 Å². The molecule has 0 spiro atoms. The van der Waals surface area contributed by atoms with Crippen LogP contribution in [0.4, 0.5) is 0 Å². The fraction of sp³-hybridized carbons (Fsp3) is 0.909. The SMILES string of the molecule is CSCCC(=O)N1CCCC(C)C1CN. The molecule has 88 valence electrons. The highest BCUT2D eigenvalue weighted by atomic mass is 32.2. The van der Waals surface area contributed by atoms with Crippen molar-refractivity contribution in [3.63, 3.8) is 0 Å². The van der Waals surface area contributed by atoms with E-state index in [2.05, 4.69) is 6.92 Å². The van der Waals surface area contributed by atoms with Crippen LogP contribution in [0.2, 0.25) is 0 Å². The first-order valence-electron chi connectivity index (χ1n) is 5.69. The highest BCUT2D eigenvalue weighted by Crippen LogP contribution is 2.23. The third kappa shape index (κ3) is 3.38. The first kappa shape index (κ1) is 12.8. The molecule has 1 saturated heterocycles. The van der Waals surface area contributed by atoms with E-state index >= 15 is 0 Å². The summed E-state index contributed by atoms with van der Waals surface area (Å²) < 4.78 is 0. The molecule has 0 aromatic rings. The van der Waals surface area contributed by atoms with Crippen LogP contribution in [0.15, 0.2) is 0 Å². The smallest absolute Gasteiger partial charge is 0.223 e. The molecule has 4 heteroatoms. The maximum atomic E-state index is 11.9. The molecule has 1 fully saturated rings.